The van der Waals surface area contributed by atoms with Gasteiger partial charge in [-0.3, -0.25) is 4.79 Å². The van der Waals surface area contributed by atoms with E-state index in [-0.39, 0.29) is 16.7 Å². The van der Waals surface area contributed by atoms with E-state index in [9.17, 15) is 4.79 Å². The molecule has 0 bridgehead atoms. The molecule has 1 aliphatic rings. The Labute approximate surface area is 94.2 Å². The van der Waals surface area contributed by atoms with Crippen LogP contribution in [0.2, 0.25) is 0 Å². The van der Waals surface area contributed by atoms with Gasteiger partial charge in [0.25, 0.3) is 0 Å². The monoisotopic (exact) mass is 257 g/mol. The van der Waals surface area contributed by atoms with Crippen LogP contribution in [0.3, 0.4) is 0 Å². The minimum atomic E-state index is -0.0426. The number of alkyl halides is 1. The second-order valence-electron chi connectivity index (χ2n) is 3.67. The number of likely N-dealkylation sites (tertiary alicyclic amines) is 1. The minimum absolute atomic E-state index is 0.0426. The summed E-state index contributed by atoms with van der Waals surface area (Å²) in [6.07, 6.45) is 8.29. The second kappa shape index (κ2) is 5.41. The van der Waals surface area contributed by atoms with Gasteiger partial charge in [0.05, 0.1) is 4.83 Å². The third-order valence-corrected chi connectivity index (χ3v) is 3.63. The molecule has 1 rings (SSSR count). The lowest BCUT2D eigenvalue weighted by atomic mass is 9.99. The molecule has 3 heteroatoms. The first-order valence-corrected chi connectivity index (χ1v) is 5.99. The molecule has 1 aliphatic heterocycles. The Bertz CT molecular complexity index is 246. The van der Waals surface area contributed by atoms with Crippen LogP contribution < -0.4 is 0 Å². The normalized spacial score (nSPS) is 24.1. The lowest BCUT2D eigenvalue weighted by molar-refractivity contribution is -0.131. The van der Waals surface area contributed by atoms with Crippen LogP contribution in [0.1, 0.15) is 26.2 Å². The molecule has 0 saturated carbocycles. The first-order chi connectivity index (χ1) is 6.69. The Morgan fingerprint density at radius 2 is 2.50 bits per heavy atom. The van der Waals surface area contributed by atoms with Crippen molar-refractivity contribution in [1.82, 2.24) is 4.90 Å². The molecule has 1 heterocycles. The van der Waals surface area contributed by atoms with Gasteiger partial charge in [0.2, 0.25) is 5.91 Å². The molecule has 1 fully saturated rings. The van der Waals surface area contributed by atoms with Crippen molar-refractivity contribution in [3.8, 4) is 12.3 Å². The topological polar surface area (TPSA) is 20.3 Å². The average molecular weight is 258 g/mol. The van der Waals surface area contributed by atoms with Gasteiger partial charge < -0.3 is 4.90 Å². The fourth-order valence-electron chi connectivity index (χ4n) is 1.69. The van der Waals surface area contributed by atoms with Gasteiger partial charge in [-0.2, -0.15) is 0 Å². The van der Waals surface area contributed by atoms with Crippen LogP contribution in [0.5, 0.6) is 0 Å². The summed E-state index contributed by atoms with van der Waals surface area (Å²) in [7, 11) is 0. The molecule has 0 aromatic rings. The maximum Gasteiger partial charge on any atom is 0.236 e. The Morgan fingerprint density at radius 3 is 3.07 bits per heavy atom. The Hall–Kier alpha value is -0.490. The van der Waals surface area contributed by atoms with E-state index in [2.05, 4.69) is 21.9 Å². The van der Waals surface area contributed by atoms with Gasteiger partial charge in [-0.1, -0.05) is 22.9 Å². The van der Waals surface area contributed by atoms with E-state index >= 15 is 0 Å². The second-order valence-corrected chi connectivity index (χ2v) is 4.77. The molecule has 1 amide bonds. The van der Waals surface area contributed by atoms with Gasteiger partial charge >= 0.3 is 0 Å². The largest absolute Gasteiger partial charge is 0.340 e. The van der Waals surface area contributed by atoms with Crippen molar-refractivity contribution in [3.05, 3.63) is 0 Å². The zero-order valence-electron chi connectivity index (χ0n) is 8.50. The van der Waals surface area contributed by atoms with Crippen molar-refractivity contribution >= 4 is 21.8 Å². The molecule has 2 nitrogen and oxygen atoms in total. The summed E-state index contributed by atoms with van der Waals surface area (Å²) >= 11 is 3.38. The van der Waals surface area contributed by atoms with Gasteiger partial charge in [0, 0.05) is 19.0 Å². The third kappa shape index (κ3) is 2.75. The smallest absolute Gasteiger partial charge is 0.236 e. The van der Waals surface area contributed by atoms with Crippen LogP contribution in [0.4, 0.5) is 0 Å². The summed E-state index contributed by atoms with van der Waals surface area (Å²) in [6.45, 7) is 3.59. The van der Waals surface area contributed by atoms with Crippen molar-refractivity contribution in [2.45, 2.75) is 31.0 Å². The van der Waals surface area contributed by atoms with E-state index in [0.717, 1.165) is 32.4 Å². The number of nitrogens with zero attached hydrogens (tertiary/aromatic N) is 1. The summed E-state index contributed by atoms with van der Waals surface area (Å²) in [5, 5.41) is 0. The van der Waals surface area contributed by atoms with E-state index in [1.807, 2.05) is 11.8 Å². The first kappa shape index (κ1) is 11.6. The summed E-state index contributed by atoms with van der Waals surface area (Å²) in [5.41, 5.74) is 0. The SMILES string of the molecule is C#CC1CCCN(C(=O)C(Br)CC)C1. The highest BCUT2D eigenvalue weighted by Crippen LogP contribution is 2.18. The van der Waals surface area contributed by atoms with Crippen LogP contribution in [0.25, 0.3) is 0 Å². The fraction of sp³-hybridized carbons (Fsp3) is 0.727. The number of carbonyl (C=O) groups is 1. The molecular formula is C11H16BrNO. The van der Waals surface area contributed by atoms with Crippen molar-refractivity contribution in [2.75, 3.05) is 13.1 Å². The van der Waals surface area contributed by atoms with E-state index in [4.69, 9.17) is 6.42 Å². The van der Waals surface area contributed by atoms with Crippen molar-refractivity contribution in [3.63, 3.8) is 0 Å². The van der Waals surface area contributed by atoms with E-state index in [0.29, 0.717) is 0 Å². The van der Waals surface area contributed by atoms with Crippen LogP contribution in [-0.2, 0) is 4.79 Å². The van der Waals surface area contributed by atoms with Crippen molar-refractivity contribution < 1.29 is 4.79 Å². The number of rotatable bonds is 2. The molecule has 0 aromatic carbocycles. The van der Waals surface area contributed by atoms with Gasteiger partial charge in [-0.05, 0) is 19.3 Å². The van der Waals surface area contributed by atoms with Crippen molar-refractivity contribution in [1.29, 1.82) is 0 Å². The van der Waals surface area contributed by atoms with Crippen LogP contribution in [-0.4, -0.2) is 28.7 Å². The van der Waals surface area contributed by atoms with Crippen LogP contribution >= 0.6 is 15.9 Å². The Kier molecular flexibility index (Phi) is 4.47. The molecule has 0 aliphatic carbocycles. The summed E-state index contributed by atoms with van der Waals surface area (Å²) in [4.78, 5) is 13.6. The summed E-state index contributed by atoms with van der Waals surface area (Å²) < 4.78 is 0. The number of terminal acetylenes is 1. The molecule has 0 spiro atoms. The predicted octanol–water partition coefficient (Wildman–Crippen LogP) is 2.03. The molecule has 2 unspecified atom stereocenters. The molecule has 78 valence electrons. The molecular weight excluding hydrogens is 242 g/mol. The minimum Gasteiger partial charge on any atom is -0.340 e. The lowest BCUT2D eigenvalue weighted by Crippen LogP contribution is -2.42. The lowest BCUT2D eigenvalue weighted by Gasteiger charge is -2.31. The Morgan fingerprint density at radius 1 is 1.79 bits per heavy atom. The molecule has 0 radical (unpaired) electrons. The number of hydrogen-bond donors (Lipinski definition) is 0. The van der Waals surface area contributed by atoms with Crippen LogP contribution in [0.15, 0.2) is 0 Å². The van der Waals surface area contributed by atoms with Gasteiger partial charge in [-0.15, -0.1) is 12.3 Å². The highest BCUT2D eigenvalue weighted by Gasteiger charge is 2.25. The Balaban J connectivity index is 2.52. The summed E-state index contributed by atoms with van der Waals surface area (Å²) in [5.74, 6) is 3.18. The number of amides is 1. The zero-order valence-corrected chi connectivity index (χ0v) is 10.1. The molecule has 2 atom stereocenters. The number of carbonyl (C=O) groups excluding carboxylic acids is 1. The van der Waals surface area contributed by atoms with E-state index < -0.39 is 0 Å². The molecule has 0 aromatic heterocycles. The standard InChI is InChI=1S/C11H16BrNO/c1-3-9-6-5-7-13(8-9)11(14)10(12)4-2/h1,9-10H,4-8H2,2H3. The molecule has 0 N–H and O–H groups in total. The van der Waals surface area contributed by atoms with Gasteiger partial charge in [-0.25, -0.2) is 0 Å². The fourth-order valence-corrected chi connectivity index (χ4v) is 1.98. The predicted molar refractivity (Wildman–Crippen MR) is 61.1 cm³/mol. The van der Waals surface area contributed by atoms with Gasteiger partial charge in [0.1, 0.15) is 0 Å². The van der Waals surface area contributed by atoms with Crippen molar-refractivity contribution in [2.24, 2.45) is 5.92 Å². The summed E-state index contributed by atoms with van der Waals surface area (Å²) in [6, 6.07) is 0. The average Bonchev–Trinajstić information content (AvgIpc) is 2.27. The third-order valence-electron chi connectivity index (χ3n) is 2.60. The molecule has 14 heavy (non-hydrogen) atoms. The van der Waals surface area contributed by atoms with Crippen LogP contribution in [0, 0.1) is 18.3 Å². The van der Waals surface area contributed by atoms with E-state index in [1.54, 1.807) is 0 Å². The first-order valence-electron chi connectivity index (χ1n) is 5.08. The highest BCUT2D eigenvalue weighted by molar-refractivity contribution is 9.10. The number of hydrogen-bond acceptors (Lipinski definition) is 1. The van der Waals surface area contributed by atoms with Gasteiger partial charge in [0.15, 0.2) is 0 Å². The highest BCUT2D eigenvalue weighted by atomic mass is 79.9. The maximum absolute atomic E-state index is 11.8. The molecule has 1 saturated heterocycles. The number of piperidine rings is 1. The quantitative estimate of drug-likeness (QED) is 0.548. The maximum atomic E-state index is 11.8. The number of halogens is 1. The zero-order chi connectivity index (χ0) is 10.6. The van der Waals surface area contributed by atoms with E-state index in [1.165, 1.54) is 0 Å².